The van der Waals surface area contributed by atoms with Crippen LogP contribution >= 0.6 is 11.3 Å². The zero-order valence-electron chi connectivity index (χ0n) is 10.0. The fourth-order valence-electron chi connectivity index (χ4n) is 0.944. The first-order valence-corrected chi connectivity index (χ1v) is 6.30. The van der Waals surface area contributed by atoms with Gasteiger partial charge < -0.3 is 4.79 Å². The minimum atomic E-state index is 0.00796. The maximum atomic E-state index is 11.2. The van der Waals surface area contributed by atoms with Crippen LogP contribution in [0.4, 0.5) is 0 Å². The van der Waals surface area contributed by atoms with Crippen molar-refractivity contribution >= 4 is 29.0 Å². The summed E-state index contributed by atoms with van der Waals surface area (Å²) in [7, 11) is 0. The highest BCUT2D eigenvalue weighted by Crippen LogP contribution is 2.10. The molecule has 0 aliphatic heterocycles. The van der Waals surface area contributed by atoms with Gasteiger partial charge in [0.05, 0.1) is 0 Å². The van der Waals surface area contributed by atoms with E-state index < -0.39 is 0 Å². The van der Waals surface area contributed by atoms with Crippen LogP contribution in [0, 0.1) is 0 Å². The number of Topliss-reactive ketones (excluding diaryl/α,β-unsaturated/α-hetero) is 1. The Morgan fingerprint density at radius 3 is 2.50 bits per heavy atom. The van der Waals surface area contributed by atoms with E-state index in [4.69, 9.17) is 0 Å². The molecular formula is C13H18O2S. The average molecular weight is 238 g/mol. The van der Waals surface area contributed by atoms with Gasteiger partial charge in [-0.05, 0) is 30.5 Å². The highest BCUT2D eigenvalue weighted by Gasteiger charge is 1.99. The van der Waals surface area contributed by atoms with Gasteiger partial charge in [0.1, 0.15) is 5.78 Å². The Morgan fingerprint density at radius 1 is 1.31 bits per heavy atom. The number of hydrogen-bond acceptors (Lipinski definition) is 3. The second kappa shape index (κ2) is 9.04. The van der Waals surface area contributed by atoms with Crippen LogP contribution in [0.5, 0.6) is 0 Å². The van der Waals surface area contributed by atoms with E-state index in [1.165, 1.54) is 13.0 Å². The van der Waals surface area contributed by atoms with E-state index in [2.05, 4.69) is 0 Å². The van der Waals surface area contributed by atoms with Crippen molar-refractivity contribution in [2.45, 2.75) is 33.6 Å². The van der Waals surface area contributed by atoms with Crippen molar-refractivity contribution in [1.82, 2.24) is 0 Å². The molecule has 88 valence electrons. The maximum Gasteiger partial charge on any atom is 0.156 e. The Bertz CT molecular complexity index is 337. The van der Waals surface area contributed by atoms with Gasteiger partial charge in [-0.25, -0.2) is 0 Å². The summed E-state index contributed by atoms with van der Waals surface area (Å²) in [5.41, 5.74) is 0. The predicted molar refractivity (Wildman–Crippen MR) is 69.6 cm³/mol. The van der Waals surface area contributed by atoms with Gasteiger partial charge in [0.15, 0.2) is 5.78 Å². The minimum absolute atomic E-state index is 0.00796. The topological polar surface area (TPSA) is 34.1 Å². The SMILES string of the molecule is CC.CC(=O)CCC(=O)/C=C/c1cccs1. The summed E-state index contributed by atoms with van der Waals surface area (Å²) in [5, 5.41) is 1.96. The number of hydrogen-bond donors (Lipinski definition) is 0. The van der Waals surface area contributed by atoms with E-state index >= 15 is 0 Å². The molecule has 1 rings (SSSR count). The van der Waals surface area contributed by atoms with Gasteiger partial charge in [0.25, 0.3) is 0 Å². The summed E-state index contributed by atoms with van der Waals surface area (Å²) in [6, 6.07) is 3.88. The van der Waals surface area contributed by atoms with Crippen molar-refractivity contribution in [2.75, 3.05) is 0 Å². The third kappa shape index (κ3) is 7.12. The lowest BCUT2D eigenvalue weighted by molar-refractivity contribution is -0.120. The monoisotopic (exact) mass is 238 g/mol. The fraction of sp³-hybridized carbons (Fsp3) is 0.385. The van der Waals surface area contributed by atoms with Gasteiger partial charge >= 0.3 is 0 Å². The van der Waals surface area contributed by atoms with Crippen LogP contribution in [0.15, 0.2) is 23.6 Å². The first-order chi connectivity index (χ1) is 7.68. The molecule has 0 aliphatic rings. The molecule has 0 fully saturated rings. The van der Waals surface area contributed by atoms with Gasteiger partial charge in [0, 0.05) is 17.7 Å². The molecule has 0 bridgehead atoms. The van der Waals surface area contributed by atoms with E-state index in [0.717, 1.165) is 4.88 Å². The second-order valence-electron chi connectivity index (χ2n) is 3.02. The Balaban J connectivity index is 0.00000106. The molecule has 0 atom stereocenters. The molecule has 0 aliphatic carbocycles. The maximum absolute atomic E-state index is 11.2. The number of allylic oxidation sites excluding steroid dienone is 1. The van der Waals surface area contributed by atoms with Crippen LogP contribution in [0.25, 0.3) is 6.08 Å². The molecule has 1 heterocycles. The molecule has 0 saturated heterocycles. The quantitative estimate of drug-likeness (QED) is 0.732. The van der Waals surface area contributed by atoms with Gasteiger partial charge in [-0.2, -0.15) is 0 Å². The van der Waals surface area contributed by atoms with Crippen molar-refractivity contribution in [3.63, 3.8) is 0 Å². The molecule has 0 spiro atoms. The second-order valence-corrected chi connectivity index (χ2v) is 4.00. The third-order valence-electron chi connectivity index (χ3n) is 1.70. The summed E-state index contributed by atoms with van der Waals surface area (Å²) >= 11 is 1.58. The molecule has 0 amide bonds. The zero-order chi connectivity index (χ0) is 12.4. The van der Waals surface area contributed by atoms with E-state index in [0.29, 0.717) is 12.8 Å². The number of carbonyl (C=O) groups is 2. The van der Waals surface area contributed by atoms with Gasteiger partial charge in [-0.15, -0.1) is 11.3 Å². The molecule has 2 nitrogen and oxygen atoms in total. The number of thiophene rings is 1. The molecule has 1 aromatic heterocycles. The van der Waals surface area contributed by atoms with Crippen molar-refractivity contribution in [3.8, 4) is 0 Å². The van der Waals surface area contributed by atoms with Gasteiger partial charge in [0.2, 0.25) is 0 Å². The predicted octanol–water partition coefficient (Wildman–Crippen LogP) is 3.73. The Kier molecular flexibility index (Phi) is 8.35. The summed E-state index contributed by atoms with van der Waals surface area (Å²) in [4.78, 5) is 22.9. The third-order valence-corrected chi connectivity index (χ3v) is 2.54. The fourth-order valence-corrected chi connectivity index (χ4v) is 1.56. The molecule has 0 N–H and O–H groups in total. The van der Waals surface area contributed by atoms with E-state index in [1.54, 1.807) is 17.4 Å². The molecular weight excluding hydrogens is 220 g/mol. The van der Waals surface area contributed by atoms with Crippen LogP contribution in [-0.4, -0.2) is 11.6 Å². The Labute approximate surface area is 101 Å². The summed E-state index contributed by atoms with van der Waals surface area (Å²) in [5.74, 6) is 0.0662. The molecule has 16 heavy (non-hydrogen) atoms. The lowest BCUT2D eigenvalue weighted by atomic mass is 10.1. The van der Waals surface area contributed by atoms with Crippen LogP contribution < -0.4 is 0 Å². The summed E-state index contributed by atoms with van der Waals surface area (Å²) < 4.78 is 0. The first kappa shape index (κ1) is 14.8. The molecule has 0 saturated carbocycles. The lowest BCUT2D eigenvalue weighted by Gasteiger charge is -1.90. The standard InChI is InChI=1S/C11H12O2S.C2H6/c1-9(12)4-5-10(13)6-7-11-3-2-8-14-11;1-2/h2-3,6-8H,4-5H2,1H3;1-2H3/b7-6+;. The minimum Gasteiger partial charge on any atom is -0.300 e. The molecule has 0 aromatic carbocycles. The van der Waals surface area contributed by atoms with E-state index in [-0.39, 0.29) is 11.6 Å². The van der Waals surface area contributed by atoms with Crippen molar-refractivity contribution in [3.05, 3.63) is 28.5 Å². The van der Waals surface area contributed by atoms with Crippen molar-refractivity contribution < 1.29 is 9.59 Å². The summed E-state index contributed by atoms with van der Waals surface area (Å²) in [6.07, 6.45) is 3.98. The molecule has 0 radical (unpaired) electrons. The first-order valence-electron chi connectivity index (χ1n) is 5.42. The largest absolute Gasteiger partial charge is 0.300 e. The van der Waals surface area contributed by atoms with Crippen LogP contribution in [0.2, 0.25) is 0 Å². The van der Waals surface area contributed by atoms with Crippen LogP contribution in [-0.2, 0) is 9.59 Å². The number of ketones is 2. The average Bonchev–Trinajstić information content (AvgIpc) is 2.79. The number of carbonyl (C=O) groups excluding carboxylic acids is 2. The van der Waals surface area contributed by atoms with Crippen LogP contribution in [0.3, 0.4) is 0 Å². The summed E-state index contributed by atoms with van der Waals surface area (Å²) in [6.45, 7) is 5.50. The molecule has 1 aromatic rings. The van der Waals surface area contributed by atoms with Crippen molar-refractivity contribution in [2.24, 2.45) is 0 Å². The van der Waals surface area contributed by atoms with E-state index in [9.17, 15) is 9.59 Å². The van der Waals surface area contributed by atoms with Gasteiger partial charge in [-0.3, -0.25) is 4.79 Å². The highest BCUT2D eigenvalue weighted by molar-refractivity contribution is 7.10. The Hall–Kier alpha value is -1.22. The molecule has 3 heteroatoms. The number of rotatable bonds is 5. The van der Waals surface area contributed by atoms with Gasteiger partial charge in [-0.1, -0.05) is 19.9 Å². The Morgan fingerprint density at radius 2 is 2.00 bits per heavy atom. The smallest absolute Gasteiger partial charge is 0.156 e. The highest BCUT2D eigenvalue weighted by atomic mass is 32.1. The van der Waals surface area contributed by atoms with Crippen LogP contribution in [0.1, 0.15) is 38.5 Å². The lowest BCUT2D eigenvalue weighted by Crippen LogP contribution is -1.97. The van der Waals surface area contributed by atoms with E-state index in [1.807, 2.05) is 31.4 Å². The zero-order valence-corrected chi connectivity index (χ0v) is 10.8. The normalized spacial score (nSPS) is 9.69. The molecule has 0 unspecified atom stereocenters. The van der Waals surface area contributed by atoms with Crippen molar-refractivity contribution in [1.29, 1.82) is 0 Å².